The first-order chi connectivity index (χ1) is 8.26. The highest BCUT2D eigenvalue weighted by Crippen LogP contribution is 1.94. The molecule has 0 heterocycles. The number of nitrogens with one attached hydrogen (secondary N) is 2. The highest BCUT2D eigenvalue weighted by Gasteiger charge is 2.06. The Hall–Kier alpha value is -1.21. The molecule has 0 saturated heterocycles. The normalized spacial score (nSPS) is 10.8. The number of amides is 1. The molecule has 0 unspecified atom stereocenters. The Morgan fingerprint density at radius 1 is 1.35 bits per heavy atom. The molecule has 0 aliphatic rings. The zero-order chi connectivity index (χ0) is 12.9. The highest BCUT2D eigenvalue weighted by atomic mass is 35.5. The second-order valence-corrected chi connectivity index (χ2v) is 4.01. The van der Waals surface area contributed by atoms with Crippen LogP contribution in [-0.2, 0) is 4.79 Å². The molecular weight excluding hydrogens is 238 g/mol. The fourth-order valence-corrected chi connectivity index (χ4v) is 1.30. The summed E-state index contributed by atoms with van der Waals surface area (Å²) in [6.07, 6.45) is 5.52. The predicted octanol–water partition coefficient (Wildman–Crippen LogP) is 1.92. The third-order valence-electron chi connectivity index (χ3n) is 2.13. The molecular formula is C12H20ClN3O. The van der Waals surface area contributed by atoms with Gasteiger partial charge in [0.05, 0.1) is 0 Å². The SMILES string of the molecule is CCCCCN/C=C(/C#N)C(=O)NCCCCl. The van der Waals surface area contributed by atoms with E-state index < -0.39 is 0 Å². The second kappa shape index (κ2) is 11.3. The molecule has 0 fully saturated rings. The topological polar surface area (TPSA) is 64.9 Å². The minimum Gasteiger partial charge on any atom is -0.390 e. The molecule has 0 saturated carbocycles. The number of hydrogen-bond acceptors (Lipinski definition) is 3. The summed E-state index contributed by atoms with van der Waals surface area (Å²) in [5.74, 6) is 0.154. The molecule has 0 radical (unpaired) electrons. The van der Waals surface area contributed by atoms with Crippen LogP contribution in [-0.4, -0.2) is 24.9 Å². The predicted molar refractivity (Wildman–Crippen MR) is 69.6 cm³/mol. The summed E-state index contributed by atoms with van der Waals surface area (Å²) in [6.45, 7) is 3.41. The standard InChI is InChI=1S/C12H20ClN3O/c1-2-3-4-7-15-10-11(9-14)12(17)16-8-5-6-13/h10,15H,2-8H2,1H3,(H,16,17)/b11-10-. The van der Waals surface area contributed by atoms with Crippen molar-refractivity contribution >= 4 is 17.5 Å². The van der Waals surface area contributed by atoms with Crippen LogP contribution in [0.15, 0.2) is 11.8 Å². The fraction of sp³-hybridized carbons (Fsp3) is 0.667. The number of unbranched alkanes of at least 4 members (excludes halogenated alkanes) is 2. The number of carbonyl (C=O) groups excluding carboxylic acids is 1. The number of hydrogen-bond donors (Lipinski definition) is 2. The van der Waals surface area contributed by atoms with Gasteiger partial charge in [0.1, 0.15) is 11.6 Å². The summed E-state index contributed by atoms with van der Waals surface area (Å²) >= 11 is 5.49. The Morgan fingerprint density at radius 2 is 2.12 bits per heavy atom. The average Bonchev–Trinajstić information content (AvgIpc) is 2.34. The number of rotatable bonds is 9. The van der Waals surface area contributed by atoms with Crippen LogP contribution in [0.1, 0.15) is 32.6 Å². The van der Waals surface area contributed by atoms with Gasteiger partial charge in [-0.25, -0.2) is 0 Å². The van der Waals surface area contributed by atoms with E-state index in [0.717, 1.165) is 25.8 Å². The Bertz CT molecular complexity index is 284. The first kappa shape index (κ1) is 15.8. The van der Waals surface area contributed by atoms with Gasteiger partial charge in [-0.3, -0.25) is 4.79 Å². The van der Waals surface area contributed by atoms with Crippen LogP contribution in [0.3, 0.4) is 0 Å². The molecule has 0 spiro atoms. The smallest absolute Gasteiger partial charge is 0.263 e. The van der Waals surface area contributed by atoms with Crippen LogP contribution in [0.5, 0.6) is 0 Å². The van der Waals surface area contributed by atoms with Crippen LogP contribution >= 0.6 is 11.6 Å². The van der Waals surface area contributed by atoms with Crippen LogP contribution < -0.4 is 10.6 Å². The lowest BCUT2D eigenvalue weighted by atomic mass is 10.2. The molecule has 96 valence electrons. The lowest BCUT2D eigenvalue weighted by molar-refractivity contribution is -0.117. The molecule has 0 aromatic carbocycles. The second-order valence-electron chi connectivity index (χ2n) is 3.63. The molecule has 0 aromatic rings. The summed E-state index contributed by atoms with van der Waals surface area (Å²) < 4.78 is 0. The fourth-order valence-electron chi connectivity index (χ4n) is 1.16. The maximum atomic E-state index is 11.5. The van der Waals surface area contributed by atoms with Gasteiger partial charge in [-0.1, -0.05) is 19.8 Å². The summed E-state index contributed by atoms with van der Waals surface area (Å²) in [4.78, 5) is 11.5. The minimum atomic E-state index is -0.347. The van der Waals surface area contributed by atoms with E-state index in [4.69, 9.17) is 16.9 Å². The van der Waals surface area contributed by atoms with Crippen molar-refractivity contribution in [2.24, 2.45) is 0 Å². The lowest BCUT2D eigenvalue weighted by Crippen LogP contribution is -2.27. The Labute approximate surface area is 108 Å². The zero-order valence-corrected chi connectivity index (χ0v) is 11.0. The number of nitrogens with zero attached hydrogens (tertiary/aromatic N) is 1. The minimum absolute atomic E-state index is 0.107. The molecule has 17 heavy (non-hydrogen) atoms. The third-order valence-corrected chi connectivity index (χ3v) is 2.40. The van der Waals surface area contributed by atoms with E-state index in [1.165, 1.54) is 6.20 Å². The largest absolute Gasteiger partial charge is 0.390 e. The first-order valence-corrected chi connectivity index (χ1v) is 6.47. The summed E-state index contributed by atoms with van der Waals surface area (Å²) in [6, 6.07) is 1.87. The Morgan fingerprint density at radius 3 is 2.71 bits per heavy atom. The summed E-state index contributed by atoms with van der Waals surface area (Å²) in [5, 5.41) is 14.4. The van der Waals surface area contributed by atoms with Crippen molar-refractivity contribution in [1.29, 1.82) is 5.26 Å². The molecule has 4 nitrogen and oxygen atoms in total. The Balaban J connectivity index is 3.91. The van der Waals surface area contributed by atoms with E-state index in [0.29, 0.717) is 18.8 Å². The van der Waals surface area contributed by atoms with E-state index in [1.807, 2.05) is 6.07 Å². The van der Waals surface area contributed by atoms with Gasteiger partial charge in [0.2, 0.25) is 0 Å². The summed E-state index contributed by atoms with van der Waals surface area (Å²) in [5.41, 5.74) is 0.107. The molecule has 1 amide bonds. The van der Waals surface area contributed by atoms with E-state index in [1.54, 1.807) is 0 Å². The van der Waals surface area contributed by atoms with Crippen LogP contribution in [0.25, 0.3) is 0 Å². The van der Waals surface area contributed by atoms with Crippen molar-refractivity contribution in [2.75, 3.05) is 19.0 Å². The van der Waals surface area contributed by atoms with Gasteiger partial charge in [-0.15, -0.1) is 11.6 Å². The molecule has 0 rings (SSSR count). The maximum absolute atomic E-state index is 11.5. The number of carbonyl (C=O) groups is 1. The van der Waals surface area contributed by atoms with Crippen molar-refractivity contribution < 1.29 is 4.79 Å². The van der Waals surface area contributed by atoms with E-state index in [-0.39, 0.29) is 11.5 Å². The molecule has 2 N–H and O–H groups in total. The molecule has 0 atom stereocenters. The highest BCUT2D eigenvalue weighted by molar-refractivity contribution is 6.17. The van der Waals surface area contributed by atoms with Crippen molar-refractivity contribution in [3.63, 3.8) is 0 Å². The first-order valence-electron chi connectivity index (χ1n) is 5.94. The number of alkyl halides is 1. The number of nitriles is 1. The van der Waals surface area contributed by atoms with Crippen LogP contribution in [0, 0.1) is 11.3 Å². The summed E-state index contributed by atoms with van der Waals surface area (Å²) in [7, 11) is 0. The molecule has 5 heteroatoms. The maximum Gasteiger partial charge on any atom is 0.263 e. The van der Waals surface area contributed by atoms with Crippen LogP contribution in [0.2, 0.25) is 0 Å². The molecule has 0 aromatic heterocycles. The Kier molecular flexibility index (Phi) is 10.5. The van der Waals surface area contributed by atoms with E-state index >= 15 is 0 Å². The number of halogens is 1. The monoisotopic (exact) mass is 257 g/mol. The zero-order valence-electron chi connectivity index (χ0n) is 10.3. The molecule has 0 aliphatic heterocycles. The van der Waals surface area contributed by atoms with Gasteiger partial charge < -0.3 is 10.6 Å². The quantitative estimate of drug-likeness (QED) is 0.287. The third kappa shape index (κ3) is 8.58. The van der Waals surface area contributed by atoms with Gasteiger partial charge in [0.15, 0.2) is 0 Å². The van der Waals surface area contributed by atoms with E-state index in [2.05, 4.69) is 17.6 Å². The van der Waals surface area contributed by atoms with Crippen molar-refractivity contribution in [2.45, 2.75) is 32.6 Å². The average molecular weight is 258 g/mol. The van der Waals surface area contributed by atoms with Gasteiger partial charge in [0, 0.05) is 25.2 Å². The van der Waals surface area contributed by atoms with Gasteiger partial charge in [-0.2, -0.15) is 5.26 Å². The van der Waals surface area contributed by atoms with Crippen molar-refractivity contribution in [3.05, 3.63) is 11.8 Å². The van der Waals surface area contributed by atoms with Gasteiger partial charge in [0.25, 0.3) is 5.91 Å². The molecule has 0 aliphatic carbocycles. The van der Waals surface area contributed by atoms with Gasteiger partial charge >= 0.3 is 0 Å². The van der Waals surface area contributed by atoms with Crippen molar-refractivity contribution in [3.8, 4) is 6.07 Å². The van der Waals surface area contributed by atoms with E-state index in [9.17, 15) is 4.79 Å². The van der Waals surface area contributed by atoms with Gasteiger partial charge in [-0.05, 0) is 12.8 Å². The lowest BCUT2D eigenvalue weighted by Gasteiger charge is -2.03. The van der Waals surface area contributed by atoms with Crippen molar-refractivity contribution in [1.82, 2.24) is 10.6 Å². The van der Waals surface area contributed by atoms with Crippen LogP contribution in [0.4, 0.5) is 0 Å². The molecule has 0 bridgehead atoms.